The van der Waals surface area contributed by atoms with Crippen LogP contribution >= 0.6 is 0 Å². The molecule has 0 saturated carbocycles. The van der Waals surface area contributed by atoms with Gasteiger partial charge in [-0.25, -0.2) is 9.97 Å². The van der Waals surface area contributed by atoms with E-state index in [1.165, 1.54) is 5.56 Å². The highest BCUT2D eigenvalue weighted by Gasteiger charge is 2.03. The summed E-state index contributed by atoms with van der Waals surface area (Å²) in [5, 5.41) is 0. The van der Waals surface area contributed by atoms with E-state index in [1.807, 2.05) is 38.2 Å². The number of anilines is 1. The van der Waals surface area contributed by atoms with Crippen LogP contribution in [0.15, 0.2) is 36.7 Å². The Balaban J connectivity index is 1.77. The number of ether oxygens (including phenoxy) is 1. The van der Waals surface area contributed by atoms with Gasteiger partial charge in [0.05, 0.1) is 6.61 Å². The van der Waals surface area contributed by atoms with E-state index in [0.717, 1.165) is 30.2 Å². The van der Waals surface area contributed by atoms with E-state index in [4.69, 9.17) is 4.74 Å². The molecule has 2 rings (SSSR count). The molecule has 0 aliphatic carbocycles. The Bertz CT molecular complexity index is 557. The zero-order valence-corrected chi connectivity index (χ0v) is 12.3. The zero-order chi connectivity index (χ0) is 14.4. The third kappa shape index (κ3) is 3.95. The SMILES string of the molecule is Cc1cc(N(C)CCCOc2ccccc2C)ncn1. The second kappa shape index (κ2) is 6.89. The van der Waals surface area contributed by atoms with Gasteiger partial charge < -0.3 is 9.64 Å². The summed E-state index contributed by atoms with van der Waals surface area (Å²) < 4.78 is 5.79. The second-order valence-electron chi connectivity index (χ2n) is 4.91. The van der Waals surface area contributed by atoms with Crippen molar-refractivity contribution in [3.63, 3.8) is 0 Å². The Hall–Kier alpha value is -2.10. The first-order chi connectivity index (χ1) is 9.66. The van der Waals surface area contributed by atoms with Gasteiger partial charge in [0.15, 0.2) is 0 Å². The number of benzene rings is 1. The molecule has 0 amide bonds. The van der Waals surface area contributed by atoms with Crippen molar-refractivity contribution in [2.24, 2.45) is 0 Å². The van der Waals surface area contributed by atoms with Crippen molar-refractivity contribution in [3.05, 3.63) is 47.9 Å². The molecule has 1 heterocycles. The first kappa shape index (κ1) is 14.3. The van der Waals surface area contributed by atoms with Crippen molar-refractivity contribution < 1.29 is 4.74 Å². The lowest BCUT2D eigenvalue weighted by Gasteiger charge is -2.18. The predicted octanol–water partition coefficient (Wildman–Crippen LogP) is 3.00. The van der Waals surface area contributed by atoms with Crippen LogP contribution in [0.1, 0.15) is 17.7 Å². The van der Waals surface area contributed by atoms with Gasteiger partial charge in [0.25, 0.3) is 0 Å². The van der Waals surface area contributed by atoms with Gasteiger partial charge >= 0.3 is 0 Å². The molecule has 0 aliphatic heterocycles. The maximum absolute atomic E-state index is 5.79. The fourth-order valence-corrected chi connectivity index (χ4v) is 1.97. The smallest absolute Gasteiger partial charge is 0.131 e. The summed E-state index contributed by atoms with van der Waals surface area (Å²) in [6.07, 6.45) is 2.55. The van der Waals surface area contributed by atoms with Crippen LogP contribution in [0.25, 0.3) is 0 Å². The number of nitrogens with zero attached hydrogens (tertiary/aromatic N) is 3. The number of aromatic nitrogens is 2. The highest BCUT2D eigenvalue weighted by molar-refractivity contribution is 5.37. The van der Waals surface area contributed by atoms with Gasteiger partial charge in [-0.3, -0.25) is 0 Å². The predicted molar refractivity (Wildman–Crippen MR) is 81.3 cm³/mol. The van der Waals surface area contributed by atoms with Crippen molar-refractivity contribution in [1.29, 1.82) is 0 Å². The lowest BCUT2D eigenvalue weighted by molar-refractivity contribution is 0.310. The summed E-state index contributed by atoms with van der Waals surface area (Å²) in [6, 6.07) is 10.1. The van der Waals surface area contributed by atoms with Gasteiger partial charge in [0.1, 0.15) is 17.9 Å². The van der Waals surface area contributed by atoms with Gasteiger partial charge in [0.2, 0.25) is 0 Å². The van der Waals surface area contributed by atoms with Crippen LogP contribution in [0.5, 0.6) is 5.75 Å². The van der Waals surface area contributed by atoms with E-state index in [1.54, 1.807) is 6.33 Å². The summed E-state index contributed by atoms with van der Waals surface area (Å²) in [4.78, 5) is 10.5. The van der Waals surface area contributed by atoms with Crippen LogP contribution in [0.3, 0.4) is 0 Å². The number of rotatable bonds is 6. The Morgan fingerprint density at radius 2 is 1.95 bits per heavy atom. The molecule has 0 aliphatic rings. The molecule has 0 bridgehead atoms. The molecule has 106 valence electrons. The van der Waals surface area contributed by atoms with Crippen LogP contribution in [-0.4, -0.2) is 30.2 Å². The third-order valence-electron chi connectivity index (χ3n) is 3.17. The van der Waals surface area contributed by atoms with Gasteiger partial charge in [-0.15, -0.1) is 0 Å². The van der Waals surface area contributed by atoms with Gasteiger partial charge in [-0.2, -0.15) is 0 Å². The average molecular weight is 271 g/mol. The minimum Gasteiger partial charge on any atom is -0.493 e. The first-order valence-electron chi connectivity index (χ1n) is 6.85. The van der Waals surface area contributed by atoms with Crippen molar-refractivity contribution in [1.82, 2.24) is 9.97 Å². The van der Waals surface area contributed by atoms with Crippen LogP contribution in [0.2, 0.25) is 0 Å². The fourth-order valence-electron chi connectivity index (χ4n) is 1.97. The molecule has 0 spiro atoms. The minimum atomic E-state index is 0.708. The van der Waals surface area contributed by atoms with Gasteiger partial charge in [-0.1, -0.05) is 18.2 Å². The number of hydrogen-bond donors (Lipinski definition) is 0. The monoisotopic (exact) mass is 271 g/mol. The van der Waals surface area contributed by atoms with E-state index in [2.05, 4.69) is 27.9 Å². The van der Waals surface area contributed by atoms with Crippen LogP contribution in [0.4, 0.5) is 5.82 Å². The van der Waals surface area contributed by atoms with Crippen LogP contribution < -0.4 is 9.64 Å². The van der Waals surface area contributed by atoms with Crippen molar-refractivity contribution >= 4 is 5.82 Å². The Kier molecular flexibility index (Phi) is 4.93. The number of aryl methyl sites for hydroxylation is 2. The van der Waals surface area contributed by atoms with Crippen molar-refractivity contribution in [2.45, 2.75) is 20.3 Å². The molecule has 1 aromatic carbocycles. The lowest BCUT2D eigenvalue weighted by atomic mass is 10.2. The maximum Gasteiger partial charge on any atom is 0.131 e. The normalized spacial score (nSPS) is 10.3. The average Bonchev–Trinajstić information content (AvgIpc) is 2.45. The minimum absolute atomic E-state index is 0.708. The maximum atomic E-state index is 5.79. The van der Waals surface area contributed by atoms with Crippen molar-refractivity contribution in [3.8, 4) is 5.75 Å². The second-order valence-corrected chi connectivity index (χ2v) is 4.91. The van der Waals surface area contributed by atoms with E-state index in [0.29, 0.717) is 6.61 Å². The summed E-state index contributed by atoms with van der Waals surface area (Å²) >= 11 is 0. The number of hydrogen-bond acceptors (Lipinski definition) is 4. The molecular formula is C16H21N3O. The molecule has 1 aromatic heterocycles. The number of para-hydroxylation sites is 1. The molecule has 2 aromatic rings. The summed E-state index contributed by atoms with van der Waals surface area (Å²) in [6.45, 7) is 5.65. The van der Waals surface area contributed by atoms with Gasteiger partial charge in [-0.05, 0) is 31.9 Å². The largest absolute Gasteiger partial charge is 0.493 e. The Morgan fingerprint density at radius 3 is 2.70 bits per heavy atom. The Labute approximate surface area is 120 Å². The molecule has 20 heavy (non-hydrogen) atoms. The van der Waals surface area contributed by atoms with E-state index in [9.17, 15) is 0 Å². The molecule has 0 radical (unpaired) electrons. The topological polar surface area (TPSA) is 38.2 Å². The quantitative estimate of drug-likeness (QED) is 0.757. The molecule has 0 saturated heterocycles. The van der Waals surface area contributed by atoms with Gasteiger partial charge in [0, 0.05) is 25.4 Å². The van der Waals surface area contributed by atoms with E-state index >= 15 is 0 Å². The molecular weight excluding hydrogens is 250 g/mol. The van der Waals surface area contributed by atoms with E-state index < -0.39 is 0 Å². The zero-order valence-electron chi connectivity index (χ0n) is 12.3. The van der Waals surface area contributed by atoms with Crippen LogP contribution in [0, 0.1) is 13.8 Å². The summed E-state index contributed by atoms with van der Waals surface area (Å²) in [5.41, 5.74) is 2.16. The molecule has 4 heteroatoms. The van der Waals surface area contributed by atoms with E-state index in [-0.39, 0.29) is 0 Å². The summed E-state index contributed by atoms with van der Waals surface area (Å²) in [7, 11) is 2.04. The summed E-state index contributed by atoms with van der Waals surface area (Å²) in [5.74, 6) is 1.92. The molecule has 4 nitrogen and oxygen atoms in total. The first-order valence-corrected chi connectivity index (χ1v) is 6.85. The molecule has 0 atom stereocenters. The standard InChI is InChI=1S/C16H21N3O/c1-13-7-4-5-8-15(13)20-10-6-9-19(3)16-11-14(2)17-12-18-16/h4-5,7-8,11-12H,6,9-10H2,1-3H3. The lowest BCUT2D eigenvalue weighted by Crippen LogP contribution is -2.21. The van der Waals surface area contributed by atoms with Crippen LogP contribution in [-0.2, 0) is 0 Å². The molecule has 0 fully saturated rings. The highest BCUT2D eigenvalue weighted by Crippen LogP contribution is 2.16. The Morgan fingerprint density at radius 1 is 1.15 bits per heavy atom. The van der Waals surface area contributed by atoms with Crippen molar-refractivity contribution in [2.75, 3.05) is 25.1 Å². The molecule has 0 unspecified atom stereocenters. The molecule has 0 N–H and O–H groups in total. The highest BCUT2D eigenvalue weighted by atomic mass is 16.5. The fraction of sp³-hybridized carbons (Fsp3) is 0.375. The third-order valence-corrected chi connectivity index (χ3v) is 3.17.